The fraction of sp³-hybridized carbons (Fsp3) is 0.571. The maximum Gasteiger partial charge on any atom is 0.209 e. The molecular formula is C14H21BrN2O3S. The van der Waals surface area contributed by atoms with Gasteiger partial charge in [0.2, 0.25) is 10.0 Å². The average Bonchev–Trinajstić information content (AvgIpc) is 2.33. The van der Waals surface area contributed by atoms with Crippen molar-refractivity contribution in [2.75, 3.05) is 19.4 Å². The number of rotatable bonds is 5. The summed E-state index contributed by atoms with van der Waals surface area (Å²) in [6.45, 7) is 4.92. The first-order valence-electron chi connectivity index (χ1n) is 6.81. The third-order valence-electron chi connectivity index (χ3n) is 3.26. The van der Waals surface area contributed by atoms with Gasteiger partial charge in [-0.15, -0.1) is 0 Å². The number of hydrogen-bond donors (Lipinski definition) is 2. The smallest absolute Gasteiger partial charge is 0.209 e. The summed E-state index contributed by atoms with van der Waals surface area (Å²) in [7, 11) is -3.22. The van der Waals surface area contributed by atoms with Gasteiger partial charge in [0.25, 0.3) is 0 Å². The minimum absolute atomic E-state index is 0.159. The second-order valence-corrected chi connectivity index (χ2v) is 8.68. The van der Waals surface area contributed by atoms with Gasteiger partial charge in [-0.1, -0.05) is 15.9 Å². The Morgan fingerprint density at radius 3 is 2.81 bits per heavy atom. The van der Waals surface area contributed by atoms with E-state index in [9.17, 15) is 8.42 Å². The maximum atomic E-state index is 11.4. The van der Waals surface area contributed by atoms with Gasteiger partial charge in [0, 0.05) is 34.6 Å². The van der Waals surface area contributed by atoms with Gasteiger partial charge in [-0.25, -0.2) is 13.1 Å². The molecule has 7 heteroatoms. The van der Waals surface area contributed by atoms with E-state index in [1.54, 1.807) is 0 Å². The van der Waals surface area contributed by atoms with Crippen LogP contribution < -0.4 is 14.8 Å². The third-order valence-corrected chi connectivity index (χ3v) is 4.68. The highest BCUT2D eigenvalue weighted by Crippen LogP contribution is 2.34. The molecule has 1 aliphatic heterocycles. The number of halogens is 1. The van der Waals surface area contributed by atoms with E-state index in [4.69, 9.17) is 4.74 Å². The van der Waals surface area contributed by atoms with Crippen molar-refractivity contribution in [1.29, 1.82) is 0 Å². The Morgan fingerprint density at radius 2 is 2.14 bits per heavy atom. The second-order valence-electron chi connectivity index (χ2n) is 6.01. The molecule has 21 heavy (non-hydrogen) atoms. The third kappa shape index (κ3) is 4.95. The van der Waals surface area contributed by atoms with E-state index >= 15 is 0 Å². The molecule has 0 aliphatic carbocycles. The number of hydrogen-bond acceptors (Lipinski definition) is 4. The van der Waals surface area contributed by atoms with Crippen molar-refractivity contribution in [3.05, 3.63) is 28.2 Å². The van der Waals surface area contributed by atoms with Crippen LogP contribution >= 0.6 is 15.9 Å². The van der Waals surface area contributed by atoms with E-state index in [0.29, 0.717) is 13.2 Å². The molecular weight excluding hydrogens is 356 g/mol. The highest BCUT2D eigenvalue weighted by Gasteiger charge is 2.26. The molecule has 0 fully saturated rings. The highest BCUT2D eigenvalue weighted by molar-refractivity contribution is 9.10. The minimum Gasteiger partial charge on any atom is -0.493 e. The van der Waals surface area contributed by atoms with Crippen molar-refractivity contribution >= 4 is 26.0 Å². The van der Waals surface area contributed by atoms with Crippen LogP contribution in [-0.4, -0.2) is 33.4 Å². The first kappa shape index (κ1) is 16.7. The lowest BCUT2D eigenvalue weighted by molar-refractivity contribution is 0.245. The second kappa shape index (κ2) is 6.24. The van der Waals surface area contributed by atoms with Gasteiger partial charge in [-0.3, -0.25) is 0 Å². The quantitative estimate of drug-likeness (QED) is 0.826. The largest absolute Gasteiger partial charge is 0.493 e. The van der Waals surface area contributed by atoms with Crippen LogP contribution in [0, 0.1) is 0 Å². The van der Waals surface area contributed by atoms with Gasteiger partial charge < -0.3 is 10.1 Å². The van der Waals surface area contributed by atoms with E-state index in [1.165, 1.54) is 6.26 Å². The zero-order chi connectivity index (χ0) is 15.7. The average molecular weight is 377 g/mol. The predicted molar refractivity (Wildman–Crippen MR) is 87.1 cm³/mol. The standard InChI is InChI=1S/C14H21BrN2O3S/c1-14(2,17-21(3,18)19)9-16-12-6-7-20-13-5-4-10(15)8-11(12)13/h4-5,8,12,16-17H,6-7,9H2,1-3H3. The summed E-state index contributed by atoms with van der Waals surface area (Å²) >= 11 is 3.47. The topological polar surface area (TPSA) is 67.4 Å². The zero-order valence-corrected chi connectivity index (χ0v) is 14.8. The van der Waals surface area contributed by atoms with Crippen LogP contribution in [0.1, 0.15) is 31.9 Å². The summed E-state index contributed by atoms with van der Waals surface area (Å²) in [5.74, 6) is 0.885. The molecule has 0 bridgehead atoms. The number of ether oxygens (including phenoxy) is 1. The zero-order valence-electron chi connectivity index (χ0n) is 12.4. The summed E-state index contributed by atoms with van der Waals surface area (Å²) in [6, 6.07) is 6.11. The Bertz CT molecular complexity index is 617. The maximum absolute atomic E-state index is 11.4. The molecule has 0 saturated carbocycles. The molecule has 1 aliphatic rings. The monoisotopic (exact) mass is 376 g/mol. The van der Waals surface area contributed by atoms with E-state index in [1.807, 2.05) is 32.0 Å². The number of benzene rings is 1. The van der Waals surface area contributed by atoms with Gasteiger partial charge >= 0.3 is 0 Å². The molecule has 1 unspecified atom stereocenters. The molecule has 1 aromatic carbocycles. The molecule has 2 rings (SSSR count). The summed E-state index contributed by atoms with van der Waals surface area (Å²) in [4.78, 5) is 0. The lowest BCUT2D eigenvalue weighted by Crippen LogP contribution is -2.50. The molecule has 0 amide bonds. The Morgan fingerprint density at radius 1 is 1.43 bits per heavy atom. The van der Waals surface area contributed by atoms with Gasteiger partial charge in [0.05, 0.1) is 12.9 Å². The van der Waals surface area contributed by atoms with Crippen molar-refractivity contribution in [3.63, 3.8) is 0 Å². The van der Waals surface area contributed by atoms with Crippen LogP contribution in [0.4, 0.5) is 0 Å². The fourth-order valence-corrected chi connectivity index (χ4v) is 3.95. The van der Waals surface area contributed by atoms with E-state index in [-0.39, 0.29) is 6.04 Å². The van der Waals surface area contributed by atoms with Crippen LogP contribution in [0.2, 0.25) is 0 Å². The summed E-state index contributed by atoms with van der Waals surface area (Å²) < 4.78 is 32.0. The Labute approximate surface area is 134 Å². The van der Waals surface area contributed by atoms with Crippen LogP contribution in [0.15, 0.2) is 22.7 Å². The van der Waals surface area contributed by atoms with Crippen LogP contribution in [-0.2, 0) is 10.0 Å². The lowest BCUT2D eigenvalue weighted by atomic mass is 9.99. The van der Waals surface area contributed by atoms with E-state index < -0.39 is 15.6 Å². The molecule has 0 saturated heterocycles. The Kier molecular flexibility index (Phi) is 4.97. The lowest BCUT2D eigenvalue weighted by Gasteiger charge is -2.31. The number of fused-ring (bicyclic) bond motifs is 1. The Balaban J connectivity index is 2.07. The molecule has 2 N–H and O–H groups in total. The number of sulfonamides is 1. The molecule has 1 atom stereocenters. The van der Waals surface area contributed by atoms with Gasteiger partial charge in [0.15, 0.2) is 0 Å². The molecule has 0 spiro atoms. The van der Waals surface area contributed by atoms with Gasteiger partial charge in [-0.2, -0.15) is 0 Å². The van der Waals surface area contributed by atoms with Gasteiger partial charge in [-0.05, 0) is 32.0 Å². The van der Waals surface area contributed by atoms with E-state index in [0.717, 1.165) is 22.2 Å². The van der Waals surface area contributed by atoms with Crippen LogP contribution in [0.25, 0.3) is 0 Å². The van der Waals surface area contributed by atoms with Gasteiger partial charge in [0.1, 0.15) is 5.75 Å². The molecule has 5 nitrogen and oxygen atoms in total. The molecule has 1 aromatic rings. The SMILES string of the molecule is CC(C)(CNC1CCOc2ccc(Br)cc21)NS(C)(=O)=O. The first-order chi connectivity index (χ1) is 9.66. The van der Waals surface area contributed by atoms with Crippen molar-refractivity contribution in [2.24, 2.45) is 0 Å². The summed E-state index contributed by atoms with van der Waals surface area (Å²) in [5.41, 5.74) is 0.559. The summed E-state index contributed by atoms with van der Waals surface area (Å²) in [6.07, 6.45) is 2.04. The van der Waals surface area contributed by atoms with Crippen molar-refractivity contribution in [2.45, 2.75) is 31.8 Å². The molecule has 0 aromatic heterocycles. The van der Waals surface area contributed by atoms with Crippen molar-refractivity contribution in [1.82, 2.24) is 10.0 Å². The first-order valence-corrected chi connectivity index (χ1v) is 9.49. The van der Waals surface area contributed by atoms with Crippen molar-refractivity contribution < 1.29 is 13.2 Å². The number of nitrogens with one attached hydrogen (secondary N) is 2. The predicted octanol–water partition coefficient (Wildman–Crippen LogP) is 2.19. The summed E-state index contributed by atoms with van der Waals surface area (Å²) in [5, 5.41) is 3.44. The highest BCUT2D eigenvalue weighted by atomic mass is 79.9. The molecule has 1 heterocycles. The Hall–Kier alpha value is -0.630. The van der Waals surface area contributed by atoms with Crippen LogP contribution in [0.5, 0.6) is 5.75 Å². The molecule has 0 radical (unpaired) electrons. The van der Waals surface area contributed by atoms with E-state index in [2.05, 4.69) is 26.0 Å². The minimum atomic E-state index is -3.22. The van der Waals surface area contributed by atoms with Crippen LogP contribution in [0.3, 0.4) is 0 Å². The normalized spacial score (nSPS) is 19.0. The van der Waals surface area contributed by atoms with Crippen molar-refractivity contribution in [3.8, 4) is 5.75 Å². The molecule has 118 valence electrons. The fourth-order valence-electron chi connectivity index (χ4n) is 2.49.